The van der Waals surface area contributed by atoms with Crippen LogP contribution < -0.4 is 9.47 Å². The van der Waals surface area contributed by atoms with Gasteiger partial charge in [0, 0.05) is 16.7 Å². The van der Waals surface area contributed by atoms with Crippen molar-refractivity contribution in [1.29, 1.82) is 0 Å². The molecule has 0 radical (unpaired) electrons. The van der Waals surface area contributed by atoms with Gasteiger partial charge in [-0.15, -0.1) is 0 Å². The number of benzene rings is 2. The number of aliphatic hydroxyl groups is 1. The summed E-state index contributed by atoms with van der Waals surface area (Å²) in [6.45, 7) is 0. The van der Waals surface area contributed by atoms with E-state index in [-0.39, 0.29) is 5.02 Å². The maximum absolute atomic E-state index is 13.0. The maximum Gasteiger partial charge on any atom is 0.124 e. The minimum absolute atomic E-state index is 0.166. The van der Waals surface area contributed by atoms with Crippen molar-refractivity contribution in [3.63, 3.8) is 0 Å². The van der Waals surface area contributed by atoms with Crippen molar-refractivity contribution in [2.24, 2.45) is 0 Å². The van der Waals surface area contributed by atoms with Gasteiger partial charge in [0.05, 0.1) is 14.2 Å². The van der Waals surface area contributed by atoms with E-state index in [1.54, 1.807) is 18.2 Å². The van der Waals surface area contributed by atoms with Crippen LogP contribution in [-0.2, 0) is 0 Å². The fraction of sp³-hybridized carbons (Fsp3) is 0.200. The highest BCUT2D eigenvalue weighted by Gasteiger charge is 2.16. The van der Waals surface area contributed by atoms with Crippen LogP contribution in [0.15, 0.2) is 36.4 Å². The maximum atomic E-state index is 13.0. The van der Waals surface area contributed by atoms with Gasteiger partial charge < -0.3 is 14.6 Å². The number of hydrogen-bond donors (Lipinski definition) is 1. The molecule has 2 aromatic rings. The Morgan fingerprint density at radius 2 is 1.65 bits per heavy atom. The highest BCUT2D eigenvalue weighted by molar-refractivity contribution is 6.31. The van der Waals surface area contributed by atoms with Crippen LogP contribution >= 0.6 is 11.6 Å². The number of ether oxygens (including phenoxy) is 2. The average molecular weight is 297 g/mol. The van der Waals surface area contributed by atoms with E-state index in [1.165, 1.54) is 26.4 Å². The number of rotatable bonds is 4. The molecule has 0 saturated heterocycles. The lowest BCUT2D eigenvalue weighted by Crippen LogP contribution is -2.02. The molecular weight excluding hydrogens is 283 g/mol. The summed E-state index contributed by atoms with van der Waals surface area (Å²) in [5, 5.41) is 10.6. The van der Waals surface area contributed by atoms with Gasteiger partial charge in [0.1, 0.15) is 23.4 Å². The van der Waals surface area contributed by atoms with Crippen molar-refractivity contribution >= 4 is 11.6 Å². The minimum atomic E-state index is -0.993. The van der Waals surface area contributed by atoms with Gasteiger partial charge in [-0.3, -0.25) is 0 Å². The van der Waals surface area contributed by atoms with Crippen molar-refractivity contribution in [1.82, 2.24) is 0 Å². The topological polar surface area (TPSA) is 38.7 Å². The van der Waals surface area contributed by atoms with E-state index in [0.29, 0.717) is 22.6 Å². The molecule has 0 aliphatic heterocycles. The largest absolute Gasteiger partial charge is 0.497 e. The predicted octanol–water partition coefficient (Wildman–Crippen LogP) is 3.58. The van der Waals surface area contributed by atoms with Gasteiger partial charge in [-0.05, 0) is 29.8 Å². The monoisotopic (exact) mass is 296 g/mol. The zero-order valence-electron chi connectivity index (χ0n) is 11.1. The van der Waals surface area contributed by atoms with Gasteiger partial charge in [-0.25, -0.2) is 4.39 Å². The van der Waals surface area contributed by atoms with E-state index in [2.05, 4.69) is 0 Å². The summed E-state index contributed by atoms with van der Waals surface area (Å²) in [7, 11) is 3.05. The molecule has 1 N–H and O–H groups in total. The number of hydrogen-bond acceptors (Lipinski definition) is 3. The van der Waals surface area contributed by atoms with Gasteiger partial charge >= 0.3 is 0 Å². The minimum Gasteiger partial charge on any atom is -0.497 e. The molecule has 0 fully saturated rings. The van der Waals surface area contributed by atoms with Gasteiger partial charge in [0.2, 0.25) is 0 Å². The fourth-order valence-electron chi connectivity index (χ4n) is 1.89. The Balaban J connectivity index is 2.44. The molecule has 0 aromatic heterocycles. The first kappa shape index (κ1) is 14.6. The molecule has 1 unspecified atom stereocenters. The van der Waals surface area contributed by atoms with E-state index >= 15 is 0 Å². The van der Waals surface area contributed by atoms with Gasteiger partial charge in [0.15, 0.2) is 0 Å². The standard InChI is InChI=1S/C15H14ClFO3/c1-19-11-5-9(6-12(8-11)20-2)15(18)13-4-3-10(17)7-14(13)16/h3-8,15,18H,1-2H3. The summed E-state index contributed by atoms with van der Waals surface area (Å²) in [5.74, 6) is 0.655. The quantitative estimate of drug-likeness (QED) is 0.937. The first-order chi connectivity index (χ1) is 9.55. The number of aliphatic hydroxyl groups excluding tert-OH is 1. The fourth-order valence-corrected chi connectivity index (χ4v) is 2.16. The van der Waals surface area contributed by atoms with E-state index in [9.17, 15) is 9.50 Å². The second-order valence-electron chi connectivity index (χ2n) is 4.21. The van der Waals surface area contributed by atoms with Gasteiger partial charge in [0.25, 0.3) is 0 Å². The van der Waals surface area contributed by atoms with Crippen LogP contribution in [-0.4, -0.2) is 19.3 Å². The molecule has 0 heterocycles. The SMILES string of the molecule is COc1cc(OC)cc(C(O)c2ccc(F)cc2Cl)c1. The van der Waals surface area contributed by atoms with Crippen LogP contribution in [0.1, 0.15) is 17.2 Å². The van der Waals surface area contributed by atoms with E-state index < -0.39 is 11.9 Å². The lowest BCUT2D eigenvalue weighted by molar-refractivity contribution is 0.219. The van der Waals surface area contributed by atoms with Gasteiger partial charge in [-0.2, -0.15) is 0 Å². The second-order valence-corrected chi connectivity index (χ2v) is 4.62. The molecule has 106 valence electrons. The Kier molecular flexibility index (Phi) is 4.47. The molecule has 0 bridgehead atoms. The Morgan fingerprint density at radius 3 is 2.15 bits per heavy atom. The predicted molar refractivity (Wildman–Crippen MR) is 75.0 cm³/mol. The first-order valence-corrected chi connectivity index (χ1v) is 6.29. The normalized spacial score (nSPS) is 12.1. The summed E-state index contributed by atoms with van der Waals surface area (Å²) in [5.41, 5.74) is 0.970. The summed E-state index contributed by atoms with van der Waals surface area (Å²) >= 11 is 5.96. The van der Waals surface area contributed by atoms with Crippen molar-refractivity contribution in [3.05, 3.63) is 58.4 Å². The highest BCUT2D eigenvalue weighted by atomic mass is 35.5. The zero-order chi connectivity index (χ0) is 14.7. The molecule has 0 aliphatic carbocycles. The Bertz CT molecular complexity index is 594. The third-order valence-electron chi connectivity index (χ3n) is 2.95. The van der Waals surface area contributed by atoms with Crippen LogP contribution in [0.5, 0.6) is 11.5 Å². The molecule has 3 nitrogen and oxygen atoms in total. The second kappa shape index (κ2) is 6.11. The van der Waals surface area contributed by atoms with E-state index in [0.717, 1.165) is 6.07 Å². The third kappa shape index (κ3) is 3.03. The third-order valence-corrected chi connectivity index (χ3v) is 3.27. The first-order valence-electron chi connectivity index (χ1n) is 5.91. The zero-order valence-corrected chi connectivity index (χ0v) is 11.8. The Labute approximate surface area is 121 Å². The van der Waals surface area contributed by atoms with Crippen molar-refractivity contribution in [2.45, 2.75) is 6.10 Å². The highest BCUT2D eigenvalue weighted by Crippen LogP contribution is 2.33. The summed E-state index contributed by atoms with van der Waals surface area (Å²) in [4.78, 5) is 0. The van der Waals surface area contributed by atoms with Crippen molar-refractivity contribution in [2.75, 3.05) is 14.2 Å². The van der Waals surface area contributed by atoms with Crippen LogP contribution in [0.25, 0.3) is 0 Å². The summed E-state index contributed by atoms with van der Waals surface area (Å²) < 4.78 is 23.3. The molecular formula is C15H14ClFO3. The van der Waals surface area contributed by atoms with Gasteiger partial charge in [-0.1, -0.05) is 17.7 Å². The van der Waals surface area contributed by atoms with E-state index in [4.69, 9.17) is 21.1 Å². The summed E-state index contributed by atoms with van der Waals surface area (Å²) in [6, 6.07) is 8.91. The van der Waals surface area contributed by atoms with Crippen molar-refractivity contribution < 1.29 is 19.0 Å². The smallest absolute Gasteiger partial charge is 0.124 e. The number of methoxy groups -OCH3 is 2. The molecule has 0 amide bonds. The molecule has 0 saturated carbocycles. The molecule has 2 aromatic carbocycles. The van der Waals surface area contributed by atoms with E-state index in [1.807, 2.05) is 0 Å². The Hall–Kier alpha value is -1.78. The molecule has 0 spiro atoms. The van der Waals surface area contributed by atoms with Crippen LogP contribution in [0.3, 0.4) is 0 Å². The van der Waals surface area contributed by atoms with Crippen LogP contribution in [0.2, 0.25) is 5.02 Å². The summed E-state index contributed by atoms with van der Waals surface area (Å²) in [6.07, 6.45) is -0.993. The lowest BCUT2D eigenvalue weighted by Gasteiger charge is -2.15. The molecule has 0 aliphatic rings. The van der Waals surface area contributed by atoms with Crippen molar-refractivity contribution in [3.8, 4) is 11.5 Å². The van der Waals surface area contributed by atoms with Crippen LogP contribution in [0.4, 0.5) is 4.39 Å². The average Bonchev–Trinajstić information content (AvgIpc) is 2.46. The lowest BCUT2D eigenvalue weighted by atomic mass is 10.0. The van der Waals surface area contributed by atoms with Crippen LogP contribution in [0, 0.1) is 5.82 Å². The molecule has 5 heteroatoms. The Morgan fingerprint density at radius 1 is 1.05 bits per heavy atom. The molecule has 20 heavy (non-hydrogen) atoms. The molecule has 1 atom stereocenters. The molecule has 2 rings (SSSR count). The number of halogens is 2.